The van der Waals surface area contributed by atoms with Crippen LogP contribution in [0.1, 0.15) is 0 Å². The Labute approximate surface area is 61.1 Å². The van der Waals surface area contributed by atoms with E-state index in [-0.39, 0.29) is 0 Å². The smallest absolute Gasteiger partial charge is 0.144 e. The van der Waals surface area contributed by atoms with Crippen molar-refractivity contribution in [1.82, 2.24) is 4.57 Å². The van der Waals surface area contributed by atoms with E-state index >= 15 is 0 Å². The molecular weight excluding hydrogens is 123 g/mol. The summed E-state index contributed by atoms with van der Waals surface area (Å²) in [5.74, 6) is 0. The molecule has 52 valence electrons. The second kappa shape index (κ2) is 1.94. The highest BCUT2D eigenvalue weighted by Gasteiger charge is 1.99. The van der Waals surface area contributed by atoms with Gasteiger partial charge in [-0.1, -0.05) is 13.2 Å². The lowest BCUT2D eigenvalue weighted by molar-refractivity contribution is 0.868. The van der Waals surface area contributed by atoms with Crippen LogP contribution in [0.4, 0.5) is 5.69 Å². The van der Waals surface area contributed by atoms with Gasteiger partial charge in [-0.3, -0.25) is 0 Å². The van der Waals surface area contributed by atoms with Gasteiger partial charge in [-0.05, 0) is 5.46 Å². The first kappa shape index (κ1) is 7.00. The summed E-state index contributed by atoms with van der Waals surface area (Å²) in [4.78, 5) is 0. The number of nitrogens with two attached hydrogens (primary N) is 1. The van der Waals surface area contributed by atoms with Gasteiger partial charge >= 0.3 is 0 Å². The molecule has 1 aromatic rings. The molecule has 0 atom stereocenters. The minimum absolute atomic E-state index is 0.757. The molecule has 1 rings (SSSR count). The molecule has 0 fully saturated rings. The fourth-order valence-corrected chi connectivity index (χ4v) is 0.967. The summed E-state index contributed by atoms with van der Waals surface area (Å²) in [6, 6.07) is 0. The lowest BCUT2D eigenvalue weighted by Gasteiger charge is -1.88. The molecule has 0 unspecified atom stereocenters. The van der Waals surface area contributed by atoms with Gasteiger partial charge in [-0.2, -0.15) is 0 Å². The van der Waals surface area contributed by atoms with Gasteiger partial charge in [0, 0.05) is 12.4 Å². The molecule has 1 heterocycles. The molecule has 3 heteroatoms. The maximum Gasteiger partial charge on any atom is 0.144 e. The number of nitrogen functional groups attached to an aromatic ring is 1. The summed E-state index contributed by atoms with van der Waals surface area (Å²) >= 11 is 0. The summed E-state index contributed by atoms with van der Waals surface area (Å²) in [6.45, 7) is 7.64. The molecule has 0 aromatic carbocycles. The number of rotatable bonds is 0. The van der Waals surface area contributed by atoms with Crippen LogP contribution in [0, 0.1) is 0 Å². The van der Waals surface area contributed by atoms with Crippen molar-refractivity contribution in [2.75, 3.05) is 5.73 Å². The molecule has 0 aliphatic rings. The average molecular weight is 134 g/mol. The van der Waals surface area contributed by atoms with Gasteiger partial charge in [0.15, 0.2) is 0 Å². The number of aromatic nitrogens is 1. The summed E-state index contributed by atoms with van der Waals surface area (Å²) in [7, 11) is 3.86. The van der Waals surface area contributed by atoms with Gasteiger partial charge in [0.25, 0.3) is 0 Å². The summed E-state index contributed by atoms with van der Waals surface area (Å²) in [5, 5.41) is 1.80. The van der Waals surface area contributed by atoms with Crippen molar-refractivity contribution in [2.45, 2.75) is 0 Å². The second-order valence-corrected chi connectivity index (χ2v) is 2.49. The Kier molecular flexibility index (Phi) is 1.36. The maximum atomic E-state index is 5.68. The molecule has 0 saturated heterocycles. The molecule has 0 bridgehead atoms. The monoisotopic (exact) mass is 134 g/mol. The molecule has 0 aliphatic carbocycles. The van der Waals surface area contributed by atoms with E-state index in [4.69, 9.17) is 5.73 Å². The first-order valence-electron chi connectivity index (χ1n) is 3.14. The zero-order chi connectivity index (χ0) is 7.89. The van der Waals surface area contributed by atoms with E-state index in [0.717, 1.165) is 21.8 Å². The van der Waals surface area contributed by atoms with Crippen LogP contribution in [-0.4, -0.2) is 12.4 Å². The third-order valence-corrected chi connectivity index (χ3v) is 1.96. The fourth-order valence-electron chi connectivity index (χ4n) is 0.967. The highest BCUT2D eigenvalue weighted by Crippen LogP contribution is 1.77. The van der Waals surface area contributed by atoms with Crippen LogP contribution in [0.2, 0.25) is 0 Å². The van der Waals surface area contributed by atoms with E-state index in [9.17, 15) is 0 Å². The molecule has 0 amide bonds. The van der Waals surface area contributed by atoms with Crippen LogP contribution in [0.3, 0.4) is 0 Å². The topological polar surface area (TPSA) is 30.9 Å². The lowest BCUT2D eigenvalue weighted by Crippen LogP contribution is -2.28. The predicted molar refractivity (Wildman–Crippen MR) is 48.3 cm³/mol. The normalized spacial score (nSPS) is 10.1. The second-order valence-electron chi connectivity index (χ2n) is 2.49. The van der Waals surface area contributed by atoms with Gasteiger partial charge in [-0.25, -0.2) is 0 Å². The number of hydrogen-bond donors (Lipinski definition) is 1. The standard InChI is InChI=1S/C7H11BN2/c1-4-6(8)7(9)5(2)10(4)3/h1-2,8-9H2,3H3. The highest BCUT2D eigenvalue weighted by molar-refractivity contribution is 6.35. The molecule has 0 saturated carbocycles. The van der Waals surface area contributed by atoms with Gasteiger partial charge in [-0.15, -0.1) is 0 Å². The Morgan fingerprint density at radius 3 is 2.00 bits per heavy atom. The van der Waals surface area contributed by atoms with Crippen molar-refractivity contribution in [3.05, 3.63) is 10.7 Å². The molecule has 2 N–H and O–H groups in total. The Balaban J connectivity index is 3.77. The van der Waals surface area contributed by atoms with Gasteiger partial charge in [0.2, 0.25) is 0 Å². The molecule has 10 heavy (non-hydrogen) atoms. The summed E-state index contributed by atoms with van der Waals surface area (Å²) in [5.41, 5.74) is 7.47. The quantitative estimate of drug-likeness (QED) is 0.397. The molecule has 0 aliphatic heterocycles. The molecule has 2 nitrogen and oxygen atoms in total. The van der Waals surface area contributed by atoms with Gasteiger partial charge < -0.3 is 10.3 Å². The third kappa shape index (κ3) is 0.669. The zero-order valence-electron chi connectivity index (χ0n) is 6.44. The van der Waals surface area contributed by atoms with Crippen LogP contribution in [0.15, 0.2) is 0 Å². The van der Waals surface area contributed by atoms with Crippen molar-refractivity contribution in [2.24, 2.45) is 7.05 Å². The highest BCUT2D eigenvalue weighted by atomic mass is 14.9. The Morgan fingerprint density at radius 2 is 1.90 bits per heavy atom. The van der Waals surface area contributed by atoms with E-state index in [1.54, 1.807) is 0 Å². The van der Waals surface area contributed by atoms with Crippen molar-refractivity contribution in [1.29, 1.82) is 0 Å². The fraction of sp³-hybridized carbons (Fsp3) is 0.143. The minimum atomic E-state index is 0.757. The molecule has 0 radical (unpaired) electrons. The Hall–Kier alpha value is -1.12. The van der Waals surface area contributed by atoms with Gasteiger partial charge in [0.1, 0.15) is 7.85 Å². The van der Waals surface area contributed by atoms with E-state index in [0.29, 0.717) is 0 Å². The van der Waals surface area contributed by atoms with Crippen molar-refractivity contribution < 1.29 is 0 Å². The van der Waals surface area contributed by atoms with E-state index < -0.39 is 0 Å². The predicted octanol–water partition coefficient (Wildman–Crippen LogP) is -2.31. The molecular formula is C7H11BN2. The Bertz CT molecular complexity index is 317. The number of nitrogens with zero attached hydrogens (tertiary/aromatic N) is 1. The first-order chi connectivity index (χ1) is 4.55. The Morgan fingerprint density at radius 1 is 1.40 bits per heavy atom. The zero-order valence-corrected chi connectivity index (χ0v) is 6.44. The SMILES string of the molecule is Bc1c(N)c(=C)n(C)c1=C. The third-order valence-electron chi connectivity index (χ3n) is 1.96. The van der Waals surface area contributed by atoms with Crippen molar-refractivity contribution >= 4 is 32.2 Å². The van der Waals surface area contributed by atoms with Crippen LogP contribution >= 0.6 is 0 Å². The van der Waals surface area contributed by atoms with Crippen molar-refractivity contribution in [3.63, 3.8) is 0 Å². The van der Waals surface area contributed by atoms with Crippen molar-refractivity contribution in [3.8, 4) is 0 Å². The van der Waals surface area contributed by atoms with E-state index in [1.807, 2.05) is 19.5 Å². The lowest BCUT2D eigenvalue weighted by atomic mass is 9.97. The summed E-state index contributed by atoms with van der Waals surface area (Å²) in [6.07, 6.45) is 0. The maximum absolute atomic E-state index is 5.68. The van der Waals surface area contributed by atoms with Crippen LogP contribution in [0.25, 0.3) is 13.2 Å². The van der Waals surface area contributed by atoms with E-state index in [1.165, 1.54) is 0 Å². The van der Waals surface area contributed by atoms with Crippen LogP contribution < -0.4 is 21.9 Å². The van der Waals surface area contributed by atoms with Crippen LogP contribution in [0.5, 0.6) is 0 Å². The van der Waals surface area contributed by atoms with E-state index in [2.05, 4.69) is 13.2 Å². The first-order valence-corrected chi connectivity index (χ1v) is 3.14. The van der Waals surface area contributed by atoms with Crippen LogP contribution in [-0.2, 0) is 7.05 Å². The number of hydrogen-bond acceptors (Lipinski definition) is 1. The molecule has 0 spiro atoms. The average Bonchev–Trinajstić information content (AvgIpc) is 2.07. The van der Waals surface area contributed by atoms with Gasteiger partial charge in [0.05, 0.1) is 11.0 Å². The largest absolute Gasteiger partial charge is 0.397 e. The molecule has 1 aromatic heterocycles. The summed E-state index contributed by atoms with van der Waals surface area (Å²) < 4.78 is 1.89. The minimum Gasteiger partial charge on any atom is -0.397 e. The number of anilines is 1.